The Bertz CT molecular complexity index is 726. The van der Waals surface area contributed by atoms with Crippen LogP contribution in [0.1, 0.15) is 18.1 Å². The summed E-state index contributed by atoms with van der Waals surface area (Å²) in [4.78, 5) is 4.51. The van der Waals surface area contributed by atoms with Crippen molar-refractivity contribution >= 4 is 29.9 Å². The highest BCUT2D eigenvalue weighted by molar-refractivity contribution is 14.0. The number of aliphatic imine (C=N–C) groups is 1. The molecule has 0 saturated heterocycles. The molecule has 0 aliphatic heterocycles. The Morgan fingerprint density at radius 2 is 1.77 bits per heavy atom. The van der Waals surface area contributed by atoms with Crippen LogP contribution in [0.5, 0.6) is 5.75 Å². The minimum Gasteiger partial charge on any atom is -0.496 e. The third-order valence-corrected chi connectivity index (χ3v) is 3.66. The first-order chi connectivity index (χ1) is 12.2. The summed E-state index contributed by atoms with van der Waals surface area (Å²) in [5.74, 6) is -0.219. The van der Waals surface area contributed by atoms with Gasteiger partial charge in [-0.2, -0.15) is 0 Å². The topological polar surface area (TPSA) is 45.7 Å². The molecule has 0 aromatic heterocycles. The lowest BCUT2D eigenvalue weighted by molar-refractivity contribution is 0.410. The second-order valence-corrected chi connectivity index (χ2v) is 5.40. The fourth-order valence-corrected chi connectivity index (χ4v) is 2.40. The maximum Gasteiger partial charge on any atom is 0.191 e. The summed E-state index contributed by atoms with van der Waals surface area (Å²) >= 11 is 0. The van der Waals surface area contributed by atoms with Crippen molar-refractivity contribution in [3.8, 4) is 5.75 Å². The van der Waals surface area contributed by atoms with E-state index in [9.17, 15) is 8.78 Å². The van der Waals surface area contributed by atoms with Crippen LogP contribution in [-0.4, -0.2) is 26.2 Å². The van der Waals surface area contributed by atoms with E-state index in [0.717, 1.165) is 17.4 Å². The number of rotatable bonds is 7. The average molecular weight is 475 g/mol. The van der Waals surface area contributed by atoms with Gasteiger partial charge in [0, 0.05) is 18.7 Å². The summed E-state index contributed by atoms with van der Waals surface area (Å²) < 4.78 is 32.2. The largest absolute Gasteiger partial charge is 0.496 e. The van der Waals surface area contributed by atoms with Crippen molar-refractivity contribution < 1.29 is 13.5 Å². The van der Waals surface area contributed by atoms with E-state index >= 15 is 0 Å². The second-order valence-electron chi connectivity index (χ2n) is 5.40. The van der Waals surface area contributed by atoms with E-state index in [1.54, 1.807) is 13.2 Å². The second kappa shape index (κ2) is 11.7. The first kappa shape index (κ1) is 22.1. The summed E-state index contributed by atoms with van der Waals surface area (Å²) in [5, 5.41) is 6.27. The number of ether oxygens (including phenoxy) is 1. The summed E-state index contributed by atoms with van der Waals surface area (Å²) in [6, 6.07) is 11.9. The fraction of sp³-hybridized carbons (Fsp3) is 0.316. The van der Waals surface area contributed by atoms with Crippen LogP contribution in [0.2, 0.25) is 0 Å². The van der Waals surface area contributed by atoms with Crippen molar-refractivity contribution in [2.75, 3.05) is 20.2 Å². The van der Waals surface area contributed by atoms with Gasteiger partial charge in [-0.05, 0) is 31.0 Å². The minimum atomic E-state index is -0.825. The van der Waals surface area contributed by atoms with E-state index in [0.29, 0.717) is 37.6 Å². The Kier molecular flexibility index (Phi) is 9.93. The highest BCUT2D eigenvalue weighted by Gasteiger charge is 2.07. The number of nitrogens with one attached hydrogen (secondary N) is 2. The number of hydrogen-bond donors (Lipinski definition) is 2. The number of para-hydroxylation sites is 1. The zero-order valence-electron chi connectivity index (χ0n) is 14.9. The SMILES string of the molecule is CCNC(=NCc1ccccc1OC)NCCc1cccc(F)c1F.I. The molecule has 26 heavy (non-hydrogen) atoms. The molecule has 7 heteroatoms. The number of methoxy groups -OCH3 is 1. The predicted octanol–water partition coefficient (Wildman–Crippen LogP) is 3.89. The van der Waals surface area contributed by atoms with Crippen LogP contribution in [0, 0.1) is 11.6 Å². The summed E-state index contributed by atoms with van der Waals surface area (Å²) in [6.07, 6.45) is 0.364. The minimum absolute atomic E-state index is 0. The van der Waals surface area contributed by atoms with E-state index < -0.39 is 11.6 Å². The van der Waals surface area contributed by atoms with Gasteiger partial charge in [0.15, 0.2) is 17.6 Å². The molecule has 0 bridgehead atoms. The highest BCUT2D eigenvalue weighted by atomic mass is 127. The first-order valence-electron chi connectivity index (χ1n) is 8.22. The first-order valence-corrected chi connectivity index (χ1v) is 8.22. The lowest BCUT2D eigenvalue weighted by Gasteiger charge is -2.12. The van der Waals surface area contributed by atoms with Gasteiger partial charge in [-0.15, -0.1) is 24.0 Å². The van der Waals surface area contributed by atoms with Gasteiger partial charge in [-0.25, -0.2) is 13.8 Å². The number of guanidine groups is 1. The van der Waals surface area contributed by atoms with E-state index in [2.05, 4.69) is 15.6 Å². The van der Waals surface area contributed by atoms with Crippen LogP contribution >= 0.6 is 24.0 Å². The van der Waals surface area contributed by atoms with E-state index in [4.69, 9.17) is 4.74 Å². The van der Waals surface area contributed by atoms with Gasteiger partial charge in [0.25, 0.3) is 0 Å². The third kappa shape index (κ3) is 6.44. The standard InChI is InChI=1S/C19H23F2N3O.HI/c1-3-22-19(24-13-15-7-4-5-10-17(15)25-2)23-12-11-14-8-6-9-16(20)18(14)21;/h4-10H,3,11-13H2,1-2H3,(H2,22,23,24);1H. The average Bonchev–Trinajstić information content (AvgIpc) is 2.63. The molecule has 142 valence electrons. The smallest absolute Gasteiger partial charge is 0.191 e. The molecule has 2 rings (SSSR count). The van der Waals surface area contributed by atoms with Gasteiger partial charge < -0.3 is 15.4 Å². The zero-order valence-corrected chi connectivity index (χ0v) is 17.2. The molecule has 0 aliphatic carbocycles. The van der Waals surface area contributed by atoms with Gasteiger partial charge in [0.1, 0.15) is 5.75 Å². The van der Waals surface area contributed by atoms with Crippen LogP contribution in [0.4, 0.5) is 8.78 Å². The molecular formula is C19H24F2IN3O. The Balaban J connectivity index is 0.00000338. The van der Waals surface area contributed by atoms with Crippen molar-refractivity contribution in [1.82, 2.24) is 10.6 Å². The van der Waals surface area contributed by atoms with Crippen molar-refractivity contribution in [2.45, 2.75) is 19.9 Å². The molecular weight excluding hydrogens is 451 g/mol. The van der Waals surface area contributed by atoms with Crippen LogP contribution in [-0.2, 0) is 13.0 Å². The zero-order chi connectivity index (χ0) is 18.1. The van der Waals surface area contributed by atoms with Crippen LogP contribution in [0.15, 0.2) is 47.5 Å². The van der Waals surface area contributed by atoms with Gasteiger partial charge in [-0.1, -0.05) is 30.3 Å². The summed E-state index contributed by atoms with van der Waals surface area (Å²) in [5.41, 5.74) is 1.31. The Morgan fingerprint density at radius 3 is 2.50 bits per heavy atom. The van der Waals surface area contributed by atoms with Crippen molar-refractivity contribution in [2.24, 2.45) is 4.99 Å². The number of benzene rings is 2. The number of hydrogen-bond acceptors (Lipinski definition) is 2. The molecule has 0 amide bonds. The van der Waals surface area contributed by atoms with Crippen LogP contribution < -0.4 is 15.4 Å². The van der Waals surface area contributed by atoms with Crippen LogP contribution in [0.25, 0.3) is 0 Å². The lowest BCUT2D eigenvalue weighted by atomic mass is 10.1. The molecule has 0 radical (unpaired) electrons. The van der Waals surface area contributed by atoms with Gasteiger partial charge >= 0.3 is 0 Å². The molecule has 0 spiro atoms. The molecule has 2 N–H and O–H groups in total. The summed E-state index contributed by atoms with van der Waals surface area (Å²) in [7, 11) is 1.62. The van der Waals surface area contributed by atoms with Crippen molar-refractivity contribution in [3.05, 3.63) is 65.2 Å². The quantitative estimate of drug-likeness (QED) is 0.363. The number of nitrogens with zero attached hydrogens (tertiary/aromatic N) is 1. The monoisotopic (exact) mass is 475 g/mol. The van der Waals surface area contributed by atoms with Gasteiger partial charge in [0.05, 0.1) is 13.7 Å². The van der Waals surface area contributed by atoms with Crippen molar-refractivity contribution in [3.63, 3.8) is 0 Å². The Morgan fingerprint density at radius 1 is 1.04 bits per heavy atom. The lowest BCUT2D eigenvalue weighted by Crippen LogP contribution is -2.38. The van der Waals surface area contributed by atoms with Gasteiger partial charge in [0.2, 0.25) is 0 Å². The summed E-state index contributed by atoms with van der Waals surface area (Å²) in [6.45, 7) is 3.56. The third-order valence-electron chi connectivity index (χ3n) is 3.66. The Hall–Kier alpha value is -1.90. The molecule has 0 unspecified atom stereocenters. The van der Waals surface area contributed by atoms with Gasteiger partial charge in [-0.3, -0.25) is 0 Å². The molecule has 0 fully saturated rings. The molecule has 0 atom stereocenters. The Labute approximate surface area is 170 Å². The molecule has 4 nitrogen and oxygen atoms in total. The van der Waals surface area contributed by atoms with E-state index in [1.165, 1.54) is 6.07 Å². The number of halogens is 3. The van der Waals surface area contributed by atoms with Crippen LogP contribution in [0.3, 0.4) is 0 Å². The van der Waals surface area contributed by atoms with E-state index in [-0.39, 0.29) is 24.0 Å². The molecule has 2 aromatic carbocycles. The molecule has 0 aliphatic rings. The van der Waals surface area contributed by atoms with E-state index in [1.807, 2.05) is 31.2 Å². The molecule has 2 aromatic rings. The normalized spacial score (nSPS) is 10.8. The predicted molar refractivity (Wildman–Crippen MR) is 111 cm³/mol. The maximum absolute atomic E-state index is 13.7. The molecule has 0 heterocycles. The van der Waals surface area contributed by atoms with Crippen molar-refractivity contribution in [1.29, 1.82) is 0 Å². The fourth-order valence-electron chi connectivity index (χ4n) is 2.40. The molecule has 0 saturated carbocycles. The highest BCUT2D eigenvalue weighted by Crippen LogP contribution is 2.17. The maximum atomic E-state index is 13.7.